The maximum atomic E-state index is 12.7. The second-order valence-electron chi connectivity index (χ2n) is 5.36. The van der Waals surface area contributed by atoms with Crippen LogP contribution in [0, 0.1) is 10.1 Å². The van der Waals surface area contributed by atoms with Gasteiger partial charge in [-0.05, 0) is 18.1 Å². The molecule has 1 saturated heterocycles. The Labute approximate surface area is 135 Å². The first-order valence-corrected chi connectivity index (χ1v) is 7.71. The number of imide groups is 1. The smallest absolute Gasteiger partial charge is 0.319 e. The van der Waals surface area contributed by atoms with Crippen molar-refractivity contribution in [3.05, 3.63) is 63.0 Å². The topological polar surface area (TPSA) is 92.6 Å². The first-order chi connectivity index (χ1) is 10.9. The van der Waals surface area contributed by atoms with E-state index in [-0.39, 0.29) is 17.5 Å². The van der Waals surface area contributed by atoms with Crippen molar-refractivity contribution in [3.8, 4) is 0 Å². The highest BCUT2D eigenvalue weighted by Gasteiger charge is 2.48. The van der Waals surface area contributed by atoms with Crippen LogP contribution in [0.1, 0.15) is 18.1 Å². The average molecular weight is 331 g/mol. The van der Waals surface area contributed by atoms with Gasteiger partial charge in [-0.3, -0.25) is 19.8 Å². The second-order valence-corrected chi connectivity index (χ2v) is 6.25. The van der Waals surface area contributed by atoms with E-state index in [4.69, 9.17) is 0 Å². The number of hydrogen-bond donors (Lipinski definition) is 1. The summed E-state index contributed by atoms with van der Waals surface area (Å²) in [5.41, 5.74) is 0.125. The van der Waals surface area contributed by atoms with Crippen molar-refractivity contribution in [2.24, 2.45) is 0 Å². The first kappa shape index (κ1) is 15.2. The quantitative estimate of drug-likeness (QED) is 0.529. The number of nitrogens with one attached hydrogen (secondary N) is 1. The SMILES string of the molecule is C[C@]1(c2ccccc2)NC(=O)N(Cc2csc([N+](=O)[O-])c2)C1=O. The van der Waals surface area contributed by atoms with E-state index >= 15 is 0 Å². The number of amides is 3. The molecule has 8 heteroatoms. The molecule has 0 saturated carbocycles. The molecule has 118 valence electrons. The van der Waals surface area contributed by atoms with Crippen LogP contribution in [0.15, 0.2) is 41.8 Å². The molecule has 7 nitrogen and oxygen atoms in total. The summed E-state index contributed by atoms with van der Waals surface area (Å²) in [6, 6.07) is 9.85. The van der Waals surface area contributed by atoms with Gasteiger partial charge in [0.15, 0.2) is 0 Å². The minimum atomic E-state index is -1.12. The van der Waals surface area contributed by atoms with Gasteiger partial charge in [0.05, 0.1) is 11.5 Å². The lowest BCUT2D eigenvalue weighted by molar-refractivity contribution is -0.380. The predicted octanol–water partition coefficient (Wildman–Crippen LogP) is 2.62. The lowest BCUT2D eigenvalue weighted by atomic mass is 9.92. The molecule has 0 aliphatic carbocycles. The molecular weight excluding hydrogens is 318 g/mol. The van der Waals surface area contributed by atoms with E-state index < -0.39 is 16.5 Å². The molecule has 3 rings (SSSR count). The van der Waals surface area contributed by atoms with Crippen molar-refractivity contribution in [3.63, 3.8) is 0 Å². The molecule has 1 atom stereocenters. The Bertz CT molecular complexity index is 789. The van der Waals surface area contributed by atoms with Crippen molar-refractivity contribution in [1.29, 1.82) is 0 Å². The maximum Gasteiger partial charge on any atom is 0.325 e. The van der Waals surface area contributed by atoms with Crippen LogP contribution in [0.25, 0.3) is 0 Å². The lowest BCUT2D eigenvalue weighted by Gasteiger charge is -2.22. The Morgan fingerprint density at radius 1 is 1.30 bits per heavy atom. The van der Waals surface area contributed by atoms with Crippen molar-refractivity contribution in [2.75, 3.05) is 0 Å². The van der Waals surface area contributed by atoms with E-state index in [1.807, 2.05) is 6.07 Å². The summed E-state index contributed by atoms with van der Waals surface area (Å²) in [4.78, 5) is 36.2. The molecule has 1 aromatic heterocycles. The van der Waals surface area contributed by atoms with E-state index in [1.165, 1.54) is 6.07 Å². The number of hydrogen-bond acceptors (Lipinski definition) is 5. The highest BCUT2D eigenvalue weighted by molar-refractivity contribution is 7.13. The Hall–Kier alpha value is -2.74. The van der Waals surface area contributed by atoms with Crippen molar-refractivity contribution < 1.29 is 14.5 Å². The summed E-state index contributed by atoms with van der Waals surface area (Å²) in [7, 11) is 0. The van der Waals surface area contributed by atoms with Crippen LogP contribution in [0.5, 0.6) is 0 Å². The molecule has 0 spiro atoms. The maximum absolute atomic E-state index is 12.7. The highest BCUT2D eigenvalue weighted by atomic mass is 32.1. The molecule has 2 heterocycles. The number of carbonyl (C=O) groups is 2. The Morgan fingerprint density at radius 3 is 2.61 bits per heavy atom. The molecule has 0 radical (unpaired) electrons. The fourth-order valence-corrected chi connectivity index (χ4v) is 3.25. The van der Waals surface area contributed by atoms with Crippen molar-refractivity contribution in [2.45, 2.75) is 19.0 Å². The van der Waals surface area contributed by atoms with Crippen LogP contribution in [0.2, 0.25) is 0 Å². The van der Waals surface area contributed by atoms with Gasteiger partial charge in [0.2, 0.25) is 0 Å². The summed E-state index contributed by atoms with van der Waals surface area (Å²) >= 11 is 0.971. The van der Waals surface area contributed by atoms with Crippen LogP contribution in [0.3, 0.4) is 0 Å². The second kappa shape index (κ2) is 5.47. The molecule has 23 heavy (non-hydrogen) atoms. The average Bonchev–Trinajstić information content (AvgIpc) is 3.08. The van der Waals surface area contributed by atoms with Crippen LogP contribution in [-0.4, -0.2) is 21.8 Å². The van der Waals surface area contributed by atoms with E-state index in [0.29, 0.717) is 11.1 Å². The fourth-order valence-electron chi connectivity index (χ4n) is 2.53. The fraction of sp³-hybridized carbons (Fsp3) is 0.200. The molecule has 2 aromatic rings. The van der Waals surface area contributed by atoms with E-state index in [0.717, 1.165) is 16.2 Å². The Balaban J connectivity index is 1.85. The van der Waals surface area contributed by atoms with Crippen LogP contribution in [-0.2, 0) is 16.9 Å². The predicted molar refractivity (Wildman–Crippen MR) is 83.8 cm³/mol. The molecule has 1 aromatic carbocycles. The minimum Gasteiger partial charge on any atom is -0.319 e. The van der Waals surface area contributed by atoms with Gasteiger partial charge in [0.25, 0.3) is 5.91 Å². The zero-order valence-corrected chi connectivity index (χ0v) is 13.0. The van der Waals surface area contributed by atoms with Gasteiger partial charge < -0.3 is 5.32 Å². The summed E-state index contributed by atoms with van der Waals surface area (Å²) < 4.78 is 0. The third-order valence-corrected chi connectivity index (χ3v) is 4.72. The number of nitrogens with zero attached hydrogens (tertiary/aromatic N) is 2. The van der Waals surface area contributed by atoms with Gasteiger partial charge in [0.1, 0.15) is 5.54 Å². The minimum absolute atomic E-state index is 0.0113. The third kappa shape index (κ3) is 2.57. The van der Waals surface area contributed by atoms with Gasteiger partial charge in [-0.1, -0.05) is 41.7 Å². The van der Waals surface area contributed by atoms with Crippen LogP contribution < -0.4 is 5.32 Å². The number of carbonyl (C=O) groups excluding carboxylic acids is 2. The van der Waals surface area contributed by atoms with Gasteiger partial charge in [-0.15, -0.1) is 0 Å². The van der Waals surface area contributed by atoms with Crippen LogP contribution in [0.4, 0.5) is 9.80 Å². The number of urea groups is 1. The first-order valence-electron chi connectivity index (χ1n) is 6.83. The zero-order chi connectivity index (χ0) is 16.6. The molecule has 0 bridgehead atoms. The summed E-state index contributed by atoms with van der Waals surface area (Å²) in [5.74, 6) is -0.373. The lowest BCUT2D eigenvalue weighted by Crippen LogP contribution is -2.40. The van der Waals surface area contributed by atoms with Gasteiger partial charge in [-0.2, -0.15) is 0 Å². The molecule has 0 unspecified atom stereocenters. The van der Waals surface area contributed by atoms with Crippen molar-refractivity contribution in [1.82, 2.24) is 10.2 Å². The molecule has 1 N–H and O–H groups in total. The summed E-state index contributed by atoms with van der Waals surface area (Å²) in [5, 5.41) is 15.0. The van der Waals surface area contributed by atoms with E-state index in [1.54, 1.807) is 36.6 Å². The van der Waals surface area contributed by atoms with Crippen LogP contribution >= 0.6 is 11.3 Å². The van der Waals surface area contributed by atoms with Crippen molar-refractivity contribution >= 4 is 28.3 Å². The monoisotopic (exact) mass is 331 g/mol. The molecule has 3 amide bonds. The summed E-state index contributed by atoms with van der Waals surface area (Å²) in [6.45, 7) is 1.66. The number of nitro groups is 1. The third-order valence-electron chi connectivity index (χ3n) is 3.79. The highest BCUT2D eigenvalue weighted by Crippen LogP contribution is 2.31. The number of thiophene rings is 1. The van der Waals surface area contributed by atoms with E-state index in [2.05, 4.69) is 5.32 Å². The normalized spacial score (nSPS) is 20.7. The number of rotatable bonds is 4. The molecule has 1 fully saturated rings. The molecular formula is C15H13N3O4S. The zero-order valence-electron chi connectivity index (χ0n) is 12.2. The van der Waals surface area contributed by atoms with Gasteiger partial charge >= 0.3 is 11.0 Å². The Morgan fingerprint density at radius 2 is 2.00 bits per heavy atom. The molecule has 1 aliphatic rings. The standard InChI is InChI=1S/C15H13N3O4S/c1-15(11-5-3-2-4-6-11)13(19)17(14(20)16-15)8-10-7-12(18(21)22)23-9-10/h2-7,9H,8H2,1H3,(H,16,20)/t15-/m1/s1. The largest absolute Gasteiger partial charge is 0.325 e. The summed E-state index contributed by atoms with van der Waals surface area (Å²) in [6.07, 6.45) is 0. The molecule has 1 aliphatic heterocycles. The van der Waals surface area contributed by atoms with E-state index in [9.17, 15) is 19.7 Å². The Kier molecular flexibility index (Phi) is 3.61. The number of benzene rings is 1. The van der Waals surface area contributed by atoms with Gasteiger partial charge in [-0.25, -0.2) is 4.79 Å². The van der Waals surface area contributed by atoms with Gasteiger partial charge in [0, 0.05) is 11.4 Å².